The van der Waals surface area contributed by atoms with Crippen LogP contribution in [0.15, 0.2) is 29.9 Å². The van der Waals surface area contributed by atoms with Gasteiger partial charge < -0.3 is 4.74 Å². The second kappa shape index (κ2) is 5.29. The van der Waals surface area contributed by atoms with Gasteiger partial charge in [0.05, 0.1) is 11.9 Å². The van der Waals surface area contributed by atoms with Gasteiger partial charge in [-0.05, 0) is 30.7 Å². The number of hydrogen-bond donors (Lipinski definition) is 0. The summed E-state index contributed by atoms with van der Waals surface area (Å²) >= 11 is 7.32. The van der Waals surface area contributed by atoms with Crippen molar-refractivity contribution in [3.8, 4) is 5.75 Å². The van der Waals surface area contributed by atoms with Gasteiger partial charge in [0.25, 0.3) is 0 Å². The molecule has 17 heavy (non-hydrogen) atoms. The van der Waals surface area contributed by atoms with E-state index in [1.807, 2.05) is 6.92 Å². The van der Waals surface area contributed by atoms with Crippen LogP contribution >= 0.6 is 22.9 Å². The lowest BCUT2D eigenvalue weighted by atomic mass is 10.2. The minimum absolute atomic E-state index is 0.242. The zero-order valence-electron chi connectivity index (χ0n) is 9.14. The third-order valence-electron chi connectivity index (χ3n) is 2.16. The van der Waals surface area contributed by atoms with Crippen LogP contribution < -0.4 is 4.74 Å². The number of carbonyl (C=O) groups is 1. The normalized spacial score (nSPS) is 10.2. The molecule has 2 aromatic rings. The Morgan fingerprint density at radius 1 is 1.53 bits per heavy atom. The average molecular weight is 268 g/mol. The number of carbonyl (C=O) groups excluding carboxylic acids is 1. The first-order chi connectivity index (χ1) is 8.15. The van der Waals surface area contributed by atoms with Crippen LogP contribution in [0.3, 0.4) is 0 Å². The van der Waals surface area contributed by atoms with Crippen LogP contribution in [0.25, 0.3) is 0 Å². The van der Waals surface area contributed by atoms with Gasteiger partial charge in [-0.1, -0.05) is 11.6 Å². The number of halogens is 1. The topological polar surface area (TPSA) is 39.2 Å². The van der Waals surface area contributed by atoms with Crippen molar-refractivity contribution in [3.05, 3.63) is 45.4 Å². The van der Waals surface area contributed by atoms with E-state index in [1.165, 1.54) is 11.3 Å². The largest absolute Gasteiger partial charge is 0.426 e. The summed E-state index contributed by atoms with van der Waals surface area (Å²) in [5, 5.41) is 0.659. The van der Waals surface area contributed by atoms with E-state index in [1.54, 1.807) is 29.9 Å². The number of thiazole rings is 1. The highest BCUT2D eigenvalue weighted by molar-refractivity contribution is 7.09. The van der Waals surface area contributed by atoms with E-state index in [4.69, 9.17) is 16.3 Å². The molecule has 0 aliphatic heterocycles. The summed E-state index contributed by atoms with van der Waals surface area (Å²) in [6, 6.07) is 5.14. The van der Waals surface area contributed by atoms with E-state index in [0.29, 0.717) is 10.8 Å². The van der Waals surface area contributed by atoms with Crippen molar-refractivity contribution in [3.63, 3.8) is 0 Å². The van der Waals surface area contributed by atoms with E-state index in [-0.39, 0.29) is 12.4 Å². The average Bonchev–Trinajstić information content (AvgIpc) is 2.76. The molecule has 0 bridgehead atoms. The molecule has 0 spiro atoms. The van der Waals surface area contributed by atoms with E-state index in [0.717, 1.165) is 10.4 Å². The molecule has 2 rings (SSSR count). The van der Waals surface area contributed by atoms with E-state index < -0.39 is 0 Å². The number of benzene rings is 1. The van der Waals surface area contributed by atoms with Gasteiger partial charge in [0, 0.05) is 16.1 Å². The number of aryl methyl sites for hydroxylation is 1. The molecule has 0 aliphatic carbocycles. The van der Waals surface area contributed by atoms with Crippen LogP contribution in [0.5, 0.6) is 5.75 Å². The van der Waals surface area contributed by atoms with Crippen molar-refractivity contribution in [1.82, 2.24) is 4.98 Å². The summed E-state index contributed by atoms with van der Waals surface area (Å²) in [5.41, 5.74) is 2.57. The minimum atomic E-state index is -0.295. The highest BCUT2D eigenvalue weighted by atomic mass is 35.5. The zero-order chi connectivity index (χ0) is 12.3. The first-order valence-corrected chi connectivity index (χ1v) is 6.25. The van der Waals surface area contributed by atoms with Gasteiger partial charge >= 0.3 is 5.97 Å². The Morgan fingerprint density at radius 3 is 3.00 bits per heavy atom. The Labute approximate surface area is 108 Å². The Bertz CT molecular complexity index is 525. The van der Waals surface area contributed by atoms with Gasteiger partial charge in [-0.2, -0.15) is 0 Å². The van der Waals surface area contributed by atoms with Crippen LogP contribution in [0.2, 0.25) is 5.02 Å². The smallest absolute Gasteiger partial charge is 0.316 e. The number of aromatic nitrogens is 1. The Balaban J connectivity index is 2.00. The first kappa shape index (κ1) is 12.1. The summed E-state index contributed by atoms with van der Waals surface area (Å²) in [6.45, 7) is 1.86. The third kappa shape index (κ3) is 3.28. The SMILES string of the molecule is Cc1cc(OC(=O)Cc2cncs2)ccc1Cl. The van der Waals surface area contributed by atoms with Crippen molar-refractivity contribution in [2.75, 3.05) is 0 Å². The first-order valence-electron chi connectivity index (χ1n) is 4.99. The summed E-state index contributed by atoms with van der Waals surface area (Å²) < 4.78 is 5.20. The molecule has 0 radical (unpaired) electrons. The van der Waals surface area contributed by atoms with Crippen molar-refractivity contribution in [2.45, 2.75) is 13.3 Å². The molecule has 0 saturated heterocycles. The quantitative estimate of drug-likeness (QED) is 0.633. The van der Waals surface area contributed by atoms with Crippen LogP contribution in [-0.2, 0) is 11.2 Å². The van der Waals surface area contributed by atoms with Gasteiger partial charge in [0.1, 0.15) is 5.75 Å². The fourth-order valence-corrected chi connectivity index (χ4v) is 2.02. The van der Waals surface area contributed by atoms with Crippen molar-refractivity contribution in [1.29, 1.82) is 0 Å². The maximum atomic E-state index is 11.6. The van der Waals surface area contributed by atoms with Crippen LogP contribution in [0.4, 0.5) is 0 Å². The van der Waals surface area contributed by atoms with Crippen molar-refractivity contribution < 1.29 is 9.53 Å². The monoisotopic (exact) mass is 267 g/mol. The molecule has 0 fully saturated rings. The third-order valence-corrected chi connectivity index (χ3v) is 3.37. The summed E-state index contributed by atoms with van der Waals surface area (Å²) in [7, 11) is 0. The standard InChI is InChI=1S/C12H10ClNO2S/c1-8-4-9(2-3-11(8)13)16-12(15)5-10-6-14-7-17-10/h2-4,6-7H,5H2,1H3. The minimum Gasteiger partial charge on any atom is -0.426 e. The molecule has 0 aliphatic rings. The molecule has 0 saturated carbocycles. The van der Waals surface area contributed by atoms with Gasteiger partial charge in [-0.15, -0.1) is 11.3 Å². The Morgan fingerprint density at radius 2 is 2.35 bits per heavy atom. The maximum absolute atomic E-state index is 11.6. The van der Waals surface area contributed by atoms with Crippen LogP contribution in [0.1, 0.15) is 10.4 Å². The Hall–Kier alpha value is -1.39. The number of rotatable bonds is 3. The second-order valence-corrected chi connectivity index (χ2v) is 4.91. The number of nitrogens with zero attached hydrogens (tertiary/aromatic N) is 1. The molecule has 0 atom stereocenters. The van der Waals surface area contributed by atoms with Crippen LogP contribution in [-0.4, -0.2) is 11.0 Å². The molecular weight excluding hydrogens is 258 g/mol. The predicted octanol–water partition coefficient (Wildman–Crippen LogP) is 3.25. The number of ether oxygens (including phenoxy) is 1. The van der Waals surface area contributed by atoms with Crippen molar-refractivity contribution >= 4 is 28.9 Å². The number of esters is 1. The number of hydrogen-bond acceptors (Lipinski definition) is 4. The van der Waals surface area contributed by atoms with Gasteiger partial charge in [-0.3, -0.25) is 9.78 Å². The molecule has 1 aromatic heterocycles. The molecule has 5 heteroatoms. The molecule has 1 aromatic carbocycles. The van der Waals surface area contributed by atoms with Gasteiger partial charge in [0.2, 0.25) is 0 Å². The summed E-state index contributed by atoms with van der Waals surface area (Å²) in [5.74, 6) is 0.220. The summed E-state index contributed by atoms with van der Waals surface area (Å²) in [4.78, 5) is 16.4. The fourth-order valence-electron chi connectivity index (χ4n) is 1.32. The molecular formula is C12H10ClNO2S. The van der Waals surface area contributed by atoms with Gasteiger partial charge in [0.15, 0.2) is 0 Å². The lowest BCUT2D eigenvalue weighted by Crippen LogP contribution is -2.10. The van der Waals surface area contributed by atoms with E-state index >= 15 is 0 Å². The Kier molecular flexibility index (Phi) is 3.76. The molecule has 0 amide bonds. The van der Waals surface area contributed by atoms with Crippen LogP contribution in [0, 0.1) is 6.92 Å². The molecule has 3 nitrogen and oxygen atoms in total. The maximum Gasteiger partial charge on any atom is 0.316 e. The molecule has 0 N–H and O–H groups in total. The van der Waals surface area contributed by atoms with E-state index in [2.05, 4.69) is 4.98 Å². The lowest BCUT2D eigenvalue weighted by Gasteiger charge is -2.05. The van der Waals surface area contributed by atoms with Crippen molar-refractivity contribution in [2.24, 2.45) is 0 Å². The zero-order valence-corrected chi connectivity index (χ0v) is 10.7. The highest BCUT2D eigenvalue weighted by Crippen LogP contribution is 2.21. The molecule has 88 valence electrons. The fraction of sp³-hybridized carbons (Fsp3) is 0.167. The summed E-state index contributed by atoms with van der Waals surface area (Å²) in [6.07, 6.45) is 1.91. The highest BCUT2D eigenvalue weighted by Gasteiger charge is 2.08. The predicted molar refractivity (Wildman–Crippen MR) is 67.6 cm³/mol. The molecule has 1 heterocycles. The van der Waals surface area contributed by atoms with Gasteiger partial charge in [-0.25, -0.2) is 0 Å². The lowest BCUT2D eigenvalue weighted by molar-refractivity contribution is -0.133. The molecule has 0 unspecified atom stereocenters. The van der Waals surface area contributed by atoms with E-state index in [9.17, 15) is 4.79 Å². The second-order valence-electron chi connectivity index (χ2n) is 3.53.